The number of amides is 2. The molecule has 37 heavy (non-hydrogen) atoms. The molecule has 3 heterocycles. The zero-order valence-electron chi connectivity index (χ0n) is 20.8. The highest BCUT2D eigenvalue weighted by molar-refractivity contribution is 5.94. The molecular weight excluding hydrogens is 486 g/mol. The lowest BCUT2D eigenvalue weighted by atomic mass is 10.00. The van der Waals surface area contributed by atoms with Crippen molar-refractivity contribution in [1.29, 1.82) is 0 Å². The lowest BCUT2D eigenvalue weighted by molar-refractivity contribution is -0.138. The fraction of sp³-hybridized carbons (Fsp3) is 0.407. The average molecular weight is 516 g/mol. The number of anilines is 2. The Morgan fingerprint density at radius 3 is 2.46 bits per heavy atom. The van der Waals surface area contributed by atoms with Crippen LogP contribution in [0.2, 0.25) is 0 Å². The van der Waals surface area contributed by atoms with Crippen molar-refractivity contribution in [1.82, 2.24) is 14.7 Å². The molecule has 2 aromatic carbocycles. The molecule has 6 nitrogen and oxygen atoms in total. The summed E-state index contributed by atoms with van der Waals surface area (Å²) in [4.78, 5) is 18.9. The fourth-order valence-electron chi connectivity index (χ4n) is 5.41. The third-order valence-corrected chi connectivity index (χ3v) is 7.27. The van der Waals surface area contributed by atoms with Crippen LogP contribution < -0.4 is 9.80 Å². The summed E-state index contributed by atoms with van der Waals surface area (Å²) in [7, 11) is 0. The molecule has 0 unspecified atom stereocenters. The van der Waals surface area contributed by atoms with E-state index >= 15 is 0 Å². The average Bonchev–Trinajstić information content (AvgIpc) is 3.29. The molecule has 10 heteroatoms. The van der Waals surface area contributed by atoms with E-state index < -0.39 is 11.7 Å². The van der Waals surface area contributed by atoms with Crippen molar-refractivity contribution in [2.24, 2.45) is 0 Å². The topological polar surface area (TPSA) is 44.6 Å². The van der Waals surface area contributed by atoms with Gasteiger partial charge in [-0.3, -0.25) is 9.58 Å². The SMILES string of the molecule is CCn1cc2c(n1)N(Cc1ccccc1C(F)(F)F)C(=O)N(C1CCN(c3c(C)cccc3F)CC1)C2. The zero-order chi connectivity index (χ0) is 26.3. The molecule has 2 aliphatic rings. The number of aryl methyl sites for hydroxylation is 2. The van der Waals surface area contributed by atoms with Gasteiger partial charge in [-0.2, -0.15) is 18.3 Å². The number of benzene rings is 2. The Morgan fingerprint density at radius 2 is 1.78 bits per heavy atom. The standard InChI is InChI=1S/C27H29F4N5O/c1-3-34-15-20-17-35(21-11-13-33(14-12-21)24-18(2)7-6-10-23(24)28)26(37)36(25(20)32-34)16-19-8-4-5-9-22(19)27(29,30)31/h4-10,15,21H,3,11-14,16-17H2,1-2H3. The molecule has 0 N–H and O–H groups in total. The zero-order valence-corrected chi connectivity index (χ0v) is 20.8. The van der Waals surface area contributed by atoms with E-state index in [1.54, 1.807) is 21.7 Å². The Bertz CT molecular complexity index is 1280. The lowest BCUT2D eigenvalue weighted by Gasteiger charge is -2.43. The number of halogens is 4. The third-order valence-electron chi connectivity index (χ3n) is 7.27. The van der Waals surface area contributed by atoms with E-state index in [0.717, 1.165) is 17.2 Å². The van der Waals surface area contributed by atoms with E-state index in [0.29, 0.717) is 50.5 Å². The number of alkyl halides is 3. The van der Waals surface area contributed by atoms with Gasteiger partial charge in [-0.1, -0.05) is 30.3 Å². The van der Waals surface area contributed by atoms with Crippen molar-refractivity contribution < 1.29 is 22.4 Å². The fourth-order valence-corrected chi connectivity index (χ4v) is 5.41. The minimum absolute atomic E-state index is 0.0204. The first kappa shape index (κ1) is 25.1. The van der Waals surface area contributed by atoms with Crippen LogP contribution >= 0.6 is 0 Å². The van der Waals surface area contributed by atoms with Crippen LogP contribution in [0.15, 0.2) is 48.7 Å². The Morgan fingerprint density at radius 1 is 1.05 bits per heavy atom. The van der Waals surface area contributed by atoms with Crippen molar-refractivity contribution in [2.45, 2.75) is 58.5 Å². The van der Waals surface area contributed by atoms with Gasteiger partial charge in [0.25, 0.3) is 0 Å². The highest BCUT2D eigenvalue weighted by Gasteiger charge is 2.40. The van der Waals surface area contributed by atoms with Crippen LogP contribution in [0.4, 0.5) is 33.9 Å². The van der Waals surface area contributed by atoms with Crippen LogP contribution in [0.3, 0.4) is 0 Å². The van der Waals surface area contributed by atoms with Crippen LogP contribution in [0.25, 0.3) is 0 Å². The molecule has 0 bridgehead atoms. The molecule has 2 aliphatic heterocycles. The van der Waals surface area contributed by atoms with Gasteiger partial charge in [0.1, 0.15) is 5.82 Å². The minimum atomic E-state index is -4.53. The van der Waals surface area contributed by atoms with E-state index in [-0.39, 0.29) is 30.0 Å². The van der Waals surface area contributed by atoms with Crippen LogP contribution in [0.5, 0.6) is 0 Å². The van der Waals surface area contributed by atoms with Crippen LogP contribution in [0, 0.1) is 12.7 Å². The first-order chi connectivity index (χ1) is 17.7. The summed E-state index contributed by atoms with van der Waals surface area (Å²) in [5.74, 6) is 0.137. The van der Waals surface area contributed by atoms with Gasteiger partial charge in [0.05, 0.1) is 24.3 Å². The minimum Gasteiger partial charge on any atom is -0.369 e. The number of fused-ring (bicyclic) bond motifs is 1. The summed E-state index contributed by atoms with van der Waals surface area (Å²) in [6.45, 7) is 5.64. The van der Waals surface area contributed by atoms with E-state index in [4.69, 9.17) is 0 Å². The Kier molecular flexibility index (Phi) is 6.59. The van der Waals surface area contributed by atoms with Gasteiger partial charge < -0.3 is 9.80 Å². The van der Waals surface area contributed by atoms with Crippen LogP contribution in [-0.2, 0) is 25.8 Å². The first-order valence-corrected chi connectivity index (χ1v) is 12.5. The smallest absolute Gasteiger partial charge is 0.369 e. The summed E-state index contributed by atoms with van der Waals surface area (Å²) in [5.41, 5.74) is 1.51. The predicted molar refractivity (Wildman–Crippen MR) is 133 cm³/mol. The number of carbonyl (C=O) groups is 1. The maximum absolute atomic E-state index is 14.5. The monoisotopic (exact) mass is 515 g/mol. The second kappa shape index (κ2) is 9.72. The van der Waals surface area contributed by atoms with Crippen molar-refractivity contribution in [2.75, 3.05) is 22.9 Å². The van der Waals surface area contributed by atoms with E-state index in [1.807, 2.05) is 31.0 Å². The highest BCUT2D eigenvalue weighted by atomic mass is 19.4. The number of rotatable bonds is 5. The van der Waals surface area contributed by atoms with Crippen molar-refractivity contribution in [3.05, 3.63) is 76.7 Å². The van der Waals surface area contributed by atoms with Crippen molar-refractivity contribution >= 4 is 17.5 Å². The van der Waals surface area contributed by atoms with E-state index in [2.05, 4.69) is 5.10 Å². The number of hydrogen-bond acceptors (Lipinski definition) is 3. The maximum atomic E-state index is 14.5. The van der Waals surface area contributed by atoms with Gasteiger partial charge in [-0.25, -0.2) is 9.18 Å². The second-order valence-corrected chi connectivity index (χ2v) is 9.61. The van der Waals surface area contributed by atoms with Crippen molar-refractivity contribution in [3.63, 3.8) is 0 Å². The molecule has 2 amide bonds. The summed E-state index contributed by atoms with van der Waals surface area (Å²) < 4.78 is 57.3. The lowest BCUT2D eigenvalue weighted by Crippen LogP contribution is -2.54. The number of aromatic nitrogens is 2. The summed E-state index contributed by atoms with van der Waals surface area (Å²) >= 11 is 0. The van der Waals surface area contributed by atoms with Crippen LogP contribution in [-0.4, -0.2) is 39.8 Å². The van der Waals surface area contributed by atoms with E-state index in [9.17, 15) is 22.4 Å². The molecule has 0 saturated carbocycles. The van der Waals surface area contributed by atoms with Crippen molar-refractivity contribution in [3.8, 4) is 0 Å². The normalized spacial score (nSPS) is 16.9. The maximum Gasteiger partial charge on any atom is 0.416 e. The number of para-hydroxylation sites is 1. The second-order valence-electron chi connectivity index (χ2n) is 9.61. The number of piperidine rings is 1. The number of nitrogens with zero attached hydrogens (tertiary/aromatic N) is 5. The molecule has 3 aromatic rings. The Hall–Kier alpha value is -3.56. The number of hydrogen-bond donors (Lipinski definition) is 0. The Balaban J connectivity index is 1.41. The highest BCUT2D eigenvalue weighted by Crippen LogP contribution is 2.37. The molecule has 5 rings (SSSR count). The summed E-state index contributed by atoms with van der Waals surface area (Å²) in [6, 6.07) is 9.87. The quantitative estimate of drug-likeness (QED) is 0.393. The molecule has 1 aromatic heterocycles. The van der Waals surface area contributed by atoms with Gasteiger partial charge in [0, 0.05) is 37.4 Å². The number of urea groups is 1. The molecule has 0 atom stereocenters. The van der Waals surface area contributed by atoms with Gasteiger partial charge in [0.2, 0.25) is 0 Å². The van der Waals surface area contributed by atoms with E-state index in [1.165, 1.54) is 23.1 Å². The van der Waals surface area contributed by atoms with Gasteiger partial charge in [0.15, 0.2) is 5.82 Å². The van der Waals surface area contributed by atoms with Gasteiger partial charge in [-0.05, 0) is 49.9 Å². The molecule has 1 saturated heterocycles. The number of carbonyl (C=O) groups excluding carboxylic acids is 1. The molecular formula is C27H29F4N5O. The van der Waals surface area contributed by atoms with Crippen LogP contribution in [0.1, 0.15) is 42.0 Å². The Labute approximate surface area is 213 Å². The molecule has 0 radical (unpaired) electrons. The third kappa shape index (κ3) is 4.76. The molecule has 0 aliphatic carbocycles. The largest absolute Gasteiger partial charge is 0.416 e. The molecule has 1 fully saturated rings. The summed E-state index contributed by atoms with van der Waals surface area (Å²) in [6.07, 6.45) is -1.42. The van der Waals surface area contributed by atoms with Gasteiger partial charge >= 0.3 is 12.2 Å². The first-order valence-electron chi connectivity index (χ1n) is 12.5. The molecule has 196 valence electrons. The predicted octanol–water partition coefficient (Wildman–Crippen LogP) is 5.98. The summed E-state index contributed by atoms with van der Waals surface area (Å²) in [5, 5.41) is 4.50. The van der Waals surface area contributed by atoms with Gasteiger partial charge in [-0.15, -0.1) is 0 Å². The molecule has 0 spiro atoms.